The van der Waals surface area contributed by atoms with E-state index >= 15 is 0 Å². The Labute approximate surface area is 189 Å². The van der Waals surface area contributed by atoms with Crippen molar-refractivity contribution in [2.24, 2.45) is 7.05 Å². The number of hydrogen-bond acceptors (Lipinski definition) is 5. The van der Waals surface area contributed by atoms with Crippen LogP contribution in [0.3, 0.4) is 0 Å². The average Bonchev–Trinajstić information content (AvgIpc) is 3.02. The normalized spacial score (nSPS) is 11.8. The summed E-state index contributed by atoms with van der Waals surface area (Å²) in [5.74, 6) is -1.71. The van der Waals surface area contributed by atoms with E-state index in [-0.39, 0.29) is 17.0 Å². The van der Waals surface area contributed by atoms with Gasteiger partial charge in [-0.25, -0.2) is 9.48 Å². The molecule has 1 atom stereocenters. The molecule has 0 saturated heterocycles. The fraction of sp³-hybridized carbons (Fsp3) is 0.160. The molecule has 0 saturated carbocycles. The second kappa shape index (κ2) is 8.66. The lowest BCUT2D eigenvalue weighted by Crippen LogP contribution is -2.32. The lowest BCUT2D eigenvalue weighted by Gasteiger charge is -2.14. The van der Waals surface area contributed by atoms with Crippen molar-refractivity contribution in [2.45, 2.75) is 20.0 Å². The molecule has 0 aliphatic heterocycles. The molecule has 168 valence electrons. The van der Waals surface area contributed by atoms with E-state index in [0.717, 1.165) is 5.39 Å². The van der Waals surface area contributed by atoms with Crippen LogP contribution in [0, 0.1) is 6.92 Å². The molecule has 4 aromatic rings. The maximum atomic E-state index is 13.0. The quantitative estimate of drug-likeness (QED) is 0.458. The lowest BCUT2D eigenvalue weighted by molar-refractivity contribution is -0.123. The number of aromatic nitrogens is 2. The number of phenolic OH excluding ortho intramolecular Hbond substituents is 1. The van der Waals surface area contributed by atoms with Crippen molar-refractivity contribution in [3.63, 3.8) is 0 Å². The van der Waals surface area contributed by atoms with E-state index in [1.807, 2.05) is 30.3 Å². The van der Waals surface area contributed by atoms with Crippen molar-refractivity contribution < 1.29 is 19.4 Å². The molecule has 0 bridgehead atoms. The average molecular weight is 445 g/mol. The van der Waals surface area contributed by atoms with Crippen LogP contribution in [0.15, 0.2) is 71.5 Å². The van der Waals surface area contributed by atoms with Gasteiger partial charge in [0.05, 0.1) is 11.4 Å². The highest BCUT2D eigenvalue weighted by atomic mass is 16.5. The number of phenols is 1. The molecule has 1 aromatic heterocycles. The van der Waals surface area contributed by atoms with E-state index in [0.29, 0.717) is 16.8 Å². The number of hydrogen-bond donors (Lipinski definition) is 2. The number of fused-ring (bicyclic) bond motifs is 1. The van der Waals surface area contributed by atoms with Crippen LogP contribution in [0.4, 0.5) is 5.69 Å². The third-order valence-electron chi connectivity index (χ3n) is 5.58. The summed E-state index contributed by atoms with van der Waals surface area (Å²) in [7, 11) is 1.71. The number of carbonyl (C=O) groups is 2. The Morgan fingerprint density at radius 1 is 1.00 bits per heavy atom. The number of benzene rings is 3. The van der Waals surface area contributed by atoms with Crippen LogP contribution in [0.5, 0.6) is 5.75 Å². The molecule has 2 N–H and O–H groups in total. The van der Waals surface area contributed by atoms with Crippen molar-refractivity contribution in [3.05, 3.63) is 88.3 Å². The van der Waals surface area contributed by atoms with Gasteiger partial charge in [-0.1, -0.05) is 48.5 Å². The van der Waals surface area contributed by atoms with Gasteiger partial charge >= 0.3 is 5.97 Å². The minimum absolute atomic E-state index is 0.0457. The predicted molar refractivity (Wildman–Crippen MR) is 125 cm³/mol. The van der Waals surface area contributed by atoms with Gasteiger partial charge in [0.2, 0.25) is 0 Å². The van der Waals surface area contributed by atoms with Crippen molar-refractivity contribution >= 4 is 28.3 Å². The maximum absolute atomic E-state index is 13.0. The topological polar surface area (TPSA) is 103 Å². The van der Waals surface area contributed by atoms with Crippen LogP contribution in [0.1, 0.15) is 23.0 Å². The molecule has 1 amide bonds. The minimum atomic E-state index is -1.20. The molecule has 4 rings (SSSR count). The number of esters is 1. The fourth-order valence-corrected chi connectivity index (χ4v) is 3.63. The van der Waals surface area contributed by atoms with Crippen LogP contribution in [0.2, 0.25) is 0 Å². The molecule has 8 heteroatoms. The second-order valence-electron chi connectivity index (χ2n) is 7.66. The minimum Gasteiger partial charge on any atom is -0.506 e. The summed E-state index contributed by atoms with van der Waals surface area (Å²) in [6.45, 7) is 3.11. The van der Waals surface area contributed by atoms with Crippen molar-refractivity contribution in [1.29, 1.82) is 0 Å². The molecule has 0 spiro atoms. The molecule has 3 aromatic carbocycles. The van der Waals surface area contributed by atoms with Crippen LogP contribution < -0.4 is 10.9 Å². The van der Waals surface area contributed by atoms with Gasteiger partial charge in [0.15, 0.2) is 6.10 Å². The van der Waals surface area contributed by atoms with Gasteiger partial charge in [0.1, 0.15) is 17.0 Å². The first-order valence-corrected chi connectivity index (χ1v) is 10.4. The Balaban J connectivity index is 1.54. The summed E-state index contributed by atoms with van der Waals surface area (Å²) < 4.78 is 8.35. The van der Waals surface area contributed by atoms with Crippen LogP contribution in [-0.2, 0) is 16.6 Å². The molecule has 0 aliphatic rings. The standard InChI is InChI=1S/C25H23N3O5/c1-15-21(24(31)28(27(15)3)18-10-5-4-6-11-18)26-23(30)16(2)33-25(32)20-14-13-17-9-7-8-12-19(17)22(20)29/h4-14,16,29H,1-3H3,(H,26,30). The highest BCUT2D eigenvalue weighted by Crippen LogP contribution is 2.29. The van der Waals surface area contributed by atoms with Crippen molar-refractivity contribution in [3.8, 4) is 11.4 Å². The van der Waals surface area contributed by atoms with Crippen LogP contribution in [0.25, 0.3) is 16.5 Å². The second-order valence-corrected chi connectivity index (χ2v) is 7.66. The Morgan fingerprint density at radius 2 is 1.67 bits per heavy atom. The van der Waals surface area contributed by atoms with Gasteiger partial charge in [-0.05, 0) is 37.4 Å². The molecule has 0 aliphatic carbocycles. The van der Waals surface area contributed by atoms with E-state index in [4.69, 9.17) is 4.74 Å². The summed E-state index contributed by atoms with van der Waals surface area (Å²) in [6, 6.07) is 19.2. The summed E-state index contributed by atoms with van der Waals surface area (Å²) in [6.07, 6.45) is -1.20. The SMILES string of the molecule is Cc1c(NC(=O)C(C)OC(=O)c2ccc3ccccc3c2O)c(=O)n(-c2ccccc2)n1C. The Bertz CT molecular complexity index is 1420. The predicted octanol–water partition coefficient (Wildman–Crippen LogP) is 3.53. The third kappa shape index (κ3) is 3.98. The maximum Gasteiger partial charge on any atom is 0.342 e. The number of amides is 1. The molecule has 0 radical (unpaired) electrons. The van der Waals surface area contributed by atoms with Crippen LogP contribution >= 0.6 is 0 Å². The zero-order chi connectivity index (χ0) is 23.7. The van der Waals surface area contributed by atoms with Gasteiger partial charge < -0.3 is 15.2 Å². The first kappa shape index (κ1) is 21.9. The summed E-state index contributed by atoms with van der Waals surface area (Å²) in [4.78, 5) is 38.3. The monoisotopic (exact) mass is 445 g/mol. The molecule has 0 fully saturated rings. The summed E-state index contributed by atoms with van der Waals surface area (Å²) >= 11 is 0. The third-order valence-corrected chi connectivity index (χ3v) is 5.58. The molecule has 1 unspecified atom stereocenters. The molecule has 8 nitrogen and oxygen atoms in total. The zero-order valence-corrected chi connectivity index (χ0v) is 18.4. The first-order chi connectivity index (χ1) is 15.8. The Hall–Kier alpha value is -4.33. The number of nitrogens with one attached hydrogen (secondary N) is 1. The van der Waals surface area contributed by atoms with E-state index < -0.39 is 23.5 Å². The van der Waals surface area contributed by atoms with Crippen molar-refractivity contribution in [1.82, 2.24) is 9.36 Å². The smallest absolute Gasteiger partial charge is 0.342 e. The summed E-state index contributed by atoms with van der Waals surface area (Å²) in [5, 5.41) is 14.3. The highest BCUT2D eigenvalue weighted by Gasteiger charge is 2.25. The number of anilines is 1. The van der Waals surface area contributed by atoms with Gasteiger partial charge in [-0.3, -0.25) is 14.3 Å². The van der Waals surface area contributed by atoms with Gasteiger partial charge in [-0.15, -0.1) is 0 Å². The largest absolute Gasteiger partial charge is 0.506 e. The number of nitrogens with zero attached hydrogens (tertiary/aromatic N) is 2. The number of para-hydroxylation sites is 1. The van der Waals surface area contributed by atoms with Gasteiger partial charge in [0, 0.05) is 12.4 Å². The first-order valence-electron chi connectivity index (χ1n) is 10.4. The molecule has 1 heterocycles. The number of rotatable bonds is 5. The molecule has 33 heavy (non-hydrogen) atoms. The summed E-state index contributed by atoms with van der Waals surface area (Å²) in [5.41, 5.74) is 0.849. The van der Waals surface area contributed by atoms with E-state index in [2.05, 4.69) is 5.32 Å². The van der Waals surface area contributed by atoms with Crippen LogP contribution in [-0.4, -0.2) is 32.5 Å². The molecular weight excluding hydrogens is 422 g/mol. The Kier molecular flexibility index (Phi) is 5.74. The Morgan fingerprint density at radius 3 is 2.39 bits per heavy atom. The van der Waals surface area contributed by atoms with Gasteiger partial charge in [-0.2, -0.15) is 0 Å². The van der Waals surface area contributed by atoms with Gasteiger partial charge in [0.25, 0.3) is 11.5 Å². The lowest BCUT2D eigenvalue weighted by atomic mass is 10.1. The zero-order valence-electron chi connectivity index (χ0n) is 18.4. The highest BCUT2D eigenvalue weighted by molar-refractivity contribution is 6.02. The fourth-order valence-electron chi connectivity index (χ4n) is 3.63. The number of aromatic hydroxyl groups is 1. The van der Waals surface area contributed by atoms with Crippen molar-refractivity contribution in [2.75, 3.05) is 5.32 Å². The van der Waals surface area contributed by atoms with E-state index in [9.17, 15) is 19.5 Å². The van der Waals surface area contributed by atoms with E-state index in [1.165, 1.54) is 17.7 Å². The number of carbonyl (C=O) groups excluding carboxylic acids is 2. The van der Waals surface area contributed by atoms with E-state index in [1.54, 1.807) is 49.0 Å². The number of ether oxygens (including phenoxy) is 1. The molecular formula is C25H23N3O5.